The number of rotatable bonds is 9. The molecule has 6 atom stereocenters. The third kappa shape index (κ3) is 5.98. The van der Waals surface area contributed by atoms with Gasteiger partial charge in [-0.3, -0.25) is 4.79 Å². The van der Waals surface area contributed by atoms with Crippen LogP contribution in [0.1, 0.15) is 65.7 Å². The van der Waals surface area contributed by atoms with Crippen LogP contribution >= 0.6 is 0 Å². The standard InChI is InChI=1S/C25H40FN3O6/c1-15(2)5-10-19-24(3,35-19)22-21(32-4)18(11-12-25(22)14-33-25)34-23(31)29-17-8-6-16(7-9-17)28-20(30)13-27-26/h5,16-19,21-22,27H,6-14H2,1-4H3,(H,28,30)(H,29,31). The Hall–Kier alpha value is -1.75. The number of carbonyl (C=O) groups is 2. The zero-order chi connectivity index (χ0) is 25.2. The number of epoxide rings is 2. The van der Waals surface area contributed by atoms with Crippen molar-refractivity contribution in [3.63, 3.8) is 0 Å². The summed E-state index contributed by atoms with van der Waals surface area (Å²) >= 11 is 0. The van der Waals surface area contributed by atoms with E-state index in [0.29, 0.717) is 13.0 Å². The monoisotopic (exact) mass is 497 g/mol. The highest BCUT2D eigenvalue weighted by atomic mass is 19.2. The summed E-state index contributed by atoms with van der Waals surface area (Å²) in [6.07, 6.45) is 6.38. The highest BCUT2D eigenvalue weighted by Gasteiger charge is 2.72. The first-order chi connectivity index (χ1) is 16.7. The van der Waals surface area contributed by atoms with Gasteiger partial charge in [0.05, 0.1) is 18.6 Å². The third-order valence-electron chi connectivity index (χ3n) is 8.14. The molecule has 9 nitrogen and oxygen atoms in total. The van der Waals surface area contributed by atoms with Crippen molar-refractivity contribution in [1.82, 2.24) is 16.2 Å². The number of alkyl carbamates (subject to hydrolysis) is 1. The van der Waals surface area contributed by atoms with E-state index < -0.39 is 6.09 Å². The molecule has 2 heterocycles. The average Bonchev–Trinajstić information content (AvgIpc) is 3.72. The summed E-state index contributed by atoms with van der Waals surface area (Å²) in [6, 6.07) is -0.0265. The van der Waals surface area contributed by atoms with E-state index >= 15 is 0 Å². The van der Waals surface area contributed by atoms with Crippen LogP contribution in [-0.4, -0.2) is 73.9 Å². The van der Waals surface area contributed by atoms with Crippen LogP contribution in [0.4, 0.5) is 9.28 Å². The first-order valence-corrected chi connectivity index (χ1v) is 12.8. The molecule has 35 heavy (non-hydrogen) atoms. The minimum atomic E-state index is -0.444. The Kier molecular flexibility index (Phi) is 8.05. The van der Waals surface area contributed by atoms with Crippen LogP contribution in [0, 0.1) is 5.92 Å². The minimum Gasteiger partial charge on any atom is -0.443 e. The molecule has 3 N–H and O–H groups in total. The molecule has 0 aromatic rings. The molecule has 2 saturated carbocycles. The SMILES string of the molecule is COC1C(OC(=O)NC2CCC(NC(=O)CNF)CC2)CCC2(CO2)C1C1(C)OC1CC=C(C)C. The van der Waals surface area contributed by atoms with Gasteiger partial charge in [0.15, 0.2) is 0 Å². The van der Waals surface area contributed by atoms with Crippen molar-refractivity contribution in [1.29, 1.82) is 0 Å². The zero-order valence-corrected chi connectivity index (χ0v) is 21.2. The molecule has 10 heteroatoms. The van der Waals surface area contributed by atoms with E-state index in [1.54, 1.807) is 7.11 Å². The molecule has 6 unspecified atom stereocenters. The molecular weight excluding hydrogens is 457 g/mol. The summed E-state index contributed by atoms with van der Waals surface area (Å²) in [5.74, 6) is -0.380. The molecule has 0 aromatic heterocycles. The van der Waals surface area contributed by atoms with E-state index in [1.165, 1.54) is 11.1 Å². The first kappa shape index (κ1) is 26.3. The summed E-state index contributed by atoms with van der Waals surface area (Å²) in [5, 5.41) is 5.79. The Morgan fingerprint density at radius 3 is 2.34 bits per heavy atom. The van der Waals surface area contributed by atoms with Crippen LogP contribution in [-0.2, 0) is 23.7 Å². The number of hydrogen-bond acceptors (Lipinski definition) is 7. The maximum atomic E-state index is 12.8. The van der Waals surface area contributed by atoms with Gasteiger partial charge in [0, 0.05) is 19.2 Å². The molecule has 198 valence electrons. The maximum Gasteiger partial charge on any atom is 0.407 e. The fourth-order valence-corrected chi connectivity index (χ4v) is 6.13. The lowest BCUT2D eigenvalue weighted by atomic mass is 9.68. The predicted octanol–water partition coefficient (Wildman–Crippen LogP) is 2.69. The maximum absolute atomic E-state index is 12.8. The lowest BCUT2D eigenvalue weighted by molar-refractivity contribution is -0.121. The van der Waals surface area contributed by atoms with Crippen molar-refractivity contribution >= 4 is 12.0 Å². The highest BCUT2D eigenvalue weighted by molar-refractivity contribution is 5.78. The predicted molar refractivity (Wildman–Crippen MR) is 126 cm³/mol. The lowest BCUT2D eigenvalue weighted by Crippen LogP contribution is -2.56. The van der Waals surface area contributed by atoms with Crippen LogP contribution in [0.2, 0.25) is 0 Å². The largest absolute Gasteiger partial charge is 0.443 e. The topological polar surface area (TPSA) is 114 Å². The molecule has 2 aliphatic carbocycles. The molecule has 4 rings (SSSR count). The molecule has 0 bridgehead atoms. The van der Waals surface area contributed by atoms with Gasteiger partial charge in [-0.15, -0.1) is 10.0 Å². The van der Waals surface area contributed by atoms with E-state index in [2.05, 4.69) is 37.5 Å². The number of amides is 2. The van der Waals surface area contributed by atoms with Gasteiger partial charge >= 0.3 is 6.09 Å². The third-order valence-corrected chi connectivity index (χ3v) is 8.14. The molecule has 4 fully saturated rings. The van der Waals surface area contributed by atoms with Crippen molar-refractivity contribution in [3.05, 3.63) is 11.6 Å². The van der Waals surface area contributed by atoms with Crippen LogP contribution in [0.3, 0.4) is 0 Å². The summed E-state index contributed by atoms with van der Waals surface area (Å²) < 4.78 is 36.1. The second-order valence-electron chi connectivity index (χ2n) is 10.9. The number of nitrogens with one attached hydrogen (secondary N) is 3. The molecular formula is C25H40FN3O6. The Labute approximate surface area is 206 Å². The smallest absolute Gasteiger partial charge is 0.407 e. The van der Waals surface area contributed by atoms with E-state index in [0.717, 1.165) is 38.5 Å². The highest BCUT2D eigenvalue weighted by Crippen LogP contribution is 2.59. The summed E-state index contributed by atoms with van der Waals surface area (Å²) in [6.45, 7) is 6.63. The molecule has 0 aromatic carbocycles. The van der Waals surface area contributed by atoms with Gasteiger partial charge < -0.3 is 29.6 Å². The van der Waals surface area contributed by atoms with Crippen molar-refractivity contribution in [3.8, 4) is 0 Å². The molecule has 2 amide bonds. The number of ether oxygens (including phenoxy) is 4. The summed E-state index contributed by atoms with van der Waals surface area (Å²) in [5.41, 5.74) is 1.99. The van der Waals surface area contributed by atoms with Crippen LogP contribution in [0.5, 0.6) is 0 Å². The van der Waals surface area contributed by atoms with Gasteiger partial charge in [0.25, 0.3) is 0 Å². The fraction of sp³-hybridized carbons (Fsp3) is 0.840. The normalized spacial score (nSPS) is 40.0. The Morgan fingerprint density at radius 2 is 1.77 bits per heavy atom. The summed E-state index contributed by atoms with van der Waals surface area (Å²) in [4.78, 5) is 24.4. The lowest BCUT2D eigenvalue weighted by Gasteiger charge is -2.42. The van der Waals surface area contributed by atoms with Crippen molar-refractivity contribution in [2.75, 3.05) is 20.3 Å². The Balaban J connectivity index is 1.30. The van der Waals surface area contributed by atoms with Crippen LogP contribution in [0.15, 0.2) is 11.6 Å². The number of methoxy groups -OCH3 is 1. The quantitative estimate of drug-likeness (QED) is 0.255. The van der Waals surface area contributed by atoms with Crippen molar-refractivity contribution in [2.45, 2.75) is 107 Å². The van der Waals surface area contributed by atoms with E-state index in [4.69, 9.17) is 18.9 Å². The molecule has 2 saturated heterocycles. The minimum absolute atomic E-state index is 0.00445. The van der Waals surface area contributed by atoms with E-state index in [1.807, 2.05) is 0 Å². The van der Waals surface area contributed by atoms with Crippen LogP contribution < -0.4 is 16.2 Å². The number of hydrogen-bond donors (Lipinski definition) is 3. The van der Waals surface area contributed by atoms with Crippen LogP contribution in [0.25, 0.3) is 0 Å². The van der Waals surface area contributed by atoms with Crippen molar-refractivity contribution in [2.24, 2.45) is 5.92 Å². The van der Waals surface area contributed by atoms with Gasteiger partial charge in [-0.05, 0) is 65.7 Å². The molecule has 4 aliphatic rings. The Morgan fingerprint density at radius 1 is 1.11 bits per heavy atom. The second kappa shape index (κ2) is 10.7. The van der Waals surface area contributed by atoms with Gasteiger partial charge in [0.1, 0.15) is 30.0 Å². The average molecular weight is 498 g/mol. The fourth-order valence-electron chi connectivity index (χ4n) is 6.13. The summed E-state index contributed by atoms with van der Waals surface area (Å²) in [7, 11) is 1.66. The molecule has 1 spiro atoms. The molecule has 0 radical (unpaired) electrons. The first-order valence-electron chi connectivity index (χ1n) is 12.8. The van der Waals surface area contributed by atoms with Crippen molar-refractivity contribution < 1.29 is 33.0 Å². The van der Waals surface area contributed by atoms with Gasteiger partial charge in [0.2, 0.25) is 5.91 Å². The number of halogens is 1. The Bertz CT molecular complexity index is 809. The van der Waals surface area contributed by atoms with E-state index in [9.17, 15) is 14.1 Å². The van der Waals surface area contributed by atoms with Gasteiger partial charge in [-0.1, -0.05) is 11.6 Å². The zero-order valence-electron chi connectivity index (χ0n) is 21.2. The van der Waals surface area contributed by atoms with E-state index in [-0.39, 0.29) is 60.0 Å². The van der Waals surface area contributed by atoms with Gasteiger partial charge in [-0.2, -0.15) is 0 Å². The van der Waals surface area contributed by atoms with Gasteiger partial charge in [-0.25, -0.2) is 4.79 Å². The molecule has 2 aliphatic heterocycles. The number of carbonyl (C=O) groups excluding carboxylic acids is 2. The second-order valence-corrected chi connectivity index (χ2v) is 10.9. The number of allylic oxidation sites excluding steroid dienone is 1.